The third-order valence-electron chi connectivity index (χ3n) is 2.82. The van der Waals surface area contributed by atoms with E-state index in [4.69, 9.17) is 2.74 Å². The maximum atomic E-state index is 13.7. The Morgan fingerprint density at radius 3 is 3.06 bits per heavy atom. The molecule has 1 aliphatic rings. The number of hydrogen-bond acceptors (Lipinski definition) is 3. The van der Waals surface area contributed by atoms with Crippen LogP contribution >= 0.6 is 0 Å². The van der Waals surface area contributed by atoms with E-state index < -0.39 is 18.1 Å². The van der Waals surface area contributed by atoms with Crippen molar-refractivity contribution in [2.45, 2.75) is 32.4 Å². The van der Waals surface area contributed by atoms with Gasteiger partial charge in [-0.3, -0.25) is 9.88 Å². The predicted molar refractivity (Wildman–Crippen MR) is 61.5 cm³/mol. The van der Waals surface area contributed by atoms with Gasteiger partial charge in [0, 0.05) is 40.5 Å². The van der Waals surface area contributed by atoms with E-state index in [1.165, 1.54) is 0 Å². The van der Waals surface area contributed by atoms with Crippen LogP contribution in [0.2, 0.25) is 0 Å². The second-order valence-corrected chi connectivity index (χ2v) is 4.41. The summed E-state index contributed by atoms with van der Waals surface area (Å²) in [5.74, 6) is -1.76. The lowest BCUT2D eigenvalue weighted by molar-refractivity contribution is 0.135. The zero-order valence-corrected chi connectivity index (χ0v) is 9.87. The van der Waals surface area contributed by atoms with Crippen molar-refractivity contribution in [3.8, 4) is 0 Å². The Kier molecular flexibility index (Phi) is 2.95. The van der Waals surface area contributed by atoms with E-state index in [9.17, 15) is 8.78 Å². The molecule has 1 aromatic rings. The smallest absolute Gasteiger partial charge is 0.148 e. The first-order valence-corrected chi connectivity index (χ1v) is 5.64. The van der Waals surface area contributed by atoms with Gasteiger partial charge in [-0.25, -0.2) is 8.78 Å². The second kappa shape index (κ2) is 5.06. The number of aromatic nitrogens is 1. The maximum Gasteiger partial charge on any atom is 0.148 e. The van der Waals surface area contributed by atoms with Crippen LogP contribution in [0.25, 0.3) is 0 Å². The van der Waals surface area contributed by atoms with Crippen LogP contribution in [-0.2, 0) is 6.50 Å². The summed E-state index contributed by atoms with van der Waals surface area (Å²) in [6, 6.07) is 0.670. The highest BCUT2D eigenvalue weighted by molar-refractivity contribution is 5.09. The molecule has 0 unspecified atom stereocenters. The van der Waals surface area contributed by atoms with E-state index in [0.717, 1.165) is 6.20 Å². The summed E-state index contributed by atoms with van der Waals surface area (Å²) in [6.45, 7) is 2.78. The number of nitrogens with zero attached hydrogens (tertiary/aromatic N) is 2. The van der Waals surface area contributed by atoms with Crippen LogP contribution in [0.1, 0.15) is 22.3 Å². The number of rotatable bonds is 2. The molecule has 1 aromatic heterocycles. The van der Waals surface area contributed by atoms with Gasteiger partial charge in [0.25, 0.3) is 0 Å². The fraction of sp³-hybridized carbons (Fsp3) is 0.583. The number of piperazine rings is 1. The molecule has 0 radical (unpaired) electrons. The molecule has 2 heterocycles. The highest BCUT2D eigenvalue weighted by Crippen LogP contribution is 2.13. The molecule has 5 heteroatoms. The van der Waals surface area contributed by atoms with Crippen molar-refractivity contribution in [1.29, 1.82) is 0 Å². The summed E-state index contributed by atoms with van der Waals surface area (Å²) in [4.78, 5) is 5.15. The molecule has 0 amide bonds. The van der Waals surface area contributed by atoms with Crippen LogP contribution in [0, 0.1) is 11.6 Å². The largest absolute Gasteiger partial charge is 0.311 e. The summed E-state index contributed by atoms with van der Waals surface area (Å²) in [5.41, 5.74) is -0.366. The number of pyridine rings is 1. The van der Waals surface area contributed by atoms with Crippen molar-refractivity contribution in [1.82, 2.24) is 15.2 Å². The van der Waals surface area contributed by atoms with Gasteiger partial charge in [0.05, 0.1) is 11.9 Å². The number of nitrogens with one attached hydrogen (secondary N) is 1. The zero-order valence-electron chi connectivity index (χ0n) is 11.9. The van der Waals surface area contributed by atoms with Gasteiger partial charge in [0.1, 0.15) is 11.6 Å². The molecule has 0 saturated carbocycles. The average molecular weight is 243 g/mol. The summed E-state index contributed by atoms with van der Waals surface area (Å²) < 4.78 is 42.9. The zero-order chi connectivity index (χ0) is 14.2. The molecule has 1 fully saturated rings. The fourth-order valence-electron chi connectivity index (χ4n) is 1.81. The maximum absolute atomic E-state index is 13.7. The van der Waals surface area contributed by atoms with Crippen LogP contribution in [0.5, 0.6) is 0 Å². The first-order chi connectivity index (χ1) is 8.82. The first-order valence-electron chi connectivity index (χ1n) is 6.64. The lowest BCUT2D eigenvalue weighted by atomic mass is 10.1. The van der Waals surface area contributed by atoms with Gasteiger partial charge in [0.15, 0.2) is 0 Å². The van der Waals surface area contributed by atoms with Crippen LogP contribution < -0.4 is 5.32 Å². The minimum Gasteiger partial charge on any atom is -0.311 e. The summed E-state index contributed by atoms with van der Waals surface area (Å²) in [5, 5.41) is 3.23. The SMILES string of the molecule is [2H]C([2H])(c1ncc(F)cc1F)N1C[C@@H](C)NC[C@@H]1C. The highest BCUT2D eigenvalue weighted by atomic mass is 19.1. The Morgan fingerprint density at radius 1 is 1.59 bits per heavy atom. The van der Waals surface area contributed by atoms with E-state index in [1.54, 1.807) is 4.90 Å². The fourth-order valence-corrected chi connectivity index (χ4v) is 1.81. The first kappa shape index (κ1) is 9.91. The summed E-state index contributed by atoms with van der Waals surface area (Å²) in [6.07, 6.45) is 0.840. The third-order valence-corrected chi connectivity index (χ3v) is 2.82. The molecule has 2 rings (SSSR count). The van der Waals surface area contributed by atoms with Crippen molar-refractivity contribution >= 4 is 0 Å². The van der Waals surface area contributed by atoms with Crippen molar-refractivity contribution < 1.29 is 11.5 Å². The van der Waals surface area contributed by atoms with Crippen LogP contribution in [-0.4, -0.2) is 35.1 Å². The monoisotopic (exact) mass is 243 g/mol. The number of hydrogen-bond donors (Lipinski definition) is 1. The standard InChI is InChI=1S/C12H17F2N3/c1-8-6-17(9(2)4-15-8)7-12-11(14)3-10(13)5-16-12/h3,5,8-9,15H,4,6-7H2,1-2H3/t8-,9+/m1/s1/i7D2. The highest BCUT2D eigenvalue weighted by Gasteiger charge is 2.23. The van der Waals surface area contributed by atoms with Crippen molar-refractivity contribution in [3.63, 3.8) is 0 Å². The van der Waals surface area contributed by atoms with Crippen LogP contribution in [0.15, 0.2) is 12.3 Å². The molecule has 0 aromatic carbocycles. The molecule has 94 valence electrons. The Morgan fingerprint density at radius 2 is 2.35 bits per heavy atom. The summed E-state index contributed by atoms with van der Waals surface area (Å²) in [7, 11) is 0. The molecule has 1 aliphatic heterocycles. The molecule has 1 N–H and O–H groups in total. The molecule has 3 nitrogen and oxygen atoms in total. The van der Waals surface area contributed by atoms with Crippen LogP contribution in [0.4, 0.5) is 8.78 Å². The van der Waals surface area contributed by atoms with Crippen LogP contribution in [0.3, 0.4) is 0 Å². The Labute approximate surface area is 103 Å². The lowest BCUT2D eigenvalue weighted by Crippen LogP contribution is -2.53. The van der Waals surface area contributed by atoms with Gasteiger partial charge in [-0.05, 0) is 13.8 Å². The average Bonchev–Trinajstić information content (AvgIpc) is 2.31. The minimum absolute atomic E-state index is 0.0996. The van der Waals surface area contributed by atoms with E-state index in [2.05, 4.69) is 10.3 Å². The minimum atomic E-state index is -2.06. The normalized spacial score (nSPS) is 28.7. The van der Waals surface area contributed by atoms with Gasteiger partial charge in [-0.1, -0.05) is 0 Å². The second-order valence-electron chi connectivity index (χ2n) is 4.41. The molecule has 0 bridgehead atoms. The van der Waals surface area contributed by atoms with E-state index in [1.807, 2.05) is 13.8 Å². The number of halogens is 2. The van der Waals surface area contributed by atoms with Gasteiger partial charge in [-0.15, -0.1) is 0 Å². The topological polar surface area (TPSA) is 28.2 Å². The van der Waals surface area contributed by atoms with E-state index >= 15 is 0 Å². The molecule has 17 heavy (non-hydrogen) atoms. The van der Waals surface area contributed by atoms with Crippen molar-refractivity contribution in [2.24, 2.45) is 0 Å². The van der Waals surface area contributed by atoms with Gasteiger partial charge >= 0.3 is 0 Å². The molecule has 2 atom stereocenters. The Balaban J connectivity index is 2.34. The van der Waals surface area contributed by atoms with Gasteiger partial charge in [0.2, 0.25) is 0 Å². The molecular weight excluding hydrogens is 224 g/mol. The molecule has 0 aliphatic carbocycles. The summed E-state index contributed by atoms with van der Waals surface area (Å²) >= 11 is 0. The van der Waals surface area contributed by atoms with Crippen molar-refractivity contribution in [2.75, 3.05) is 13.1 Å². The Bertz CT molecular complexity index is 470. The quantitative estimate of drug-likeness (QED) is 0.854. The third kappa shape index (κ3) is 2.98. The van der Waals surface area contributed by atoms with Gasteiger partial charge < -0.3 is 5.32 Å². The van der Waals surface area contributed by atoms with E-state index in [-0.39, 0.29) is 17.8 Å². The molecular formula is C12H17F2N3. The molecule has 0 spiro atoms. The van der Waals surface area contributed by atoms with Gasteiger partial charge in [-0.2, -0.15) is 0 Å². The lowest BCUT2D eigenvalue weighted by Gasteiger charge is -2.37. The molecule has 1 saturated heterocycles. The van der Waals surface area contributed by atoms with E-state index in [0.29, 0.717) is 19.2 Å². The predicted octanol–water partition coefficient (Wildman–Crippen LogP) is 1.54. The Hall–Kier alpha value is -1.07. The van der Waals surface area contributed by atoms with Crippen molar-refractivity contribution in [3.05, 3.63) is 29.6 Å².